The number of piperidine rings is 1. The summed E-state index contributed by atoms with van der Waals surface area (Å²) in [5.74, 6) is -2.04. The number of carbonyl (C=O) groups is 1. The Labute approximate surface area is 230 Å². The molecule has 2 aromatic carbocycles. The minimum Gasteiger partial charge on any atom is -0.319 e. The number of amides is 1. The summed E-state index contributed by atoms with van der Waals surface area (Å²) < 4.78 is 41.3. The van der Waals surface area contributed by atoms with Crippen molar-refractivity contribution in [2.75, 3.05) is 23.7 Å². The number of rotatable bonds is 4. The first-order valence-corrected chi connectivity index (χ1v) is 13.1. The first-order valence-electron chi connectivity index (χ1n) is 11.1. The van der Waals surface area contributed by atoms with Crippen LogP contribution >= 0.6 is 36.4 Å². The van der Waals surface area contributed by atoms with Gasteiger partial charge in [0, 0.05) is 5.02 Å². The van der Waals surface area contributed by atoms with E-state index in [9.17, 15) is 13.2 Å². The number of sulfone groups is 1. The number of hydrogen-bond acceptors (Lipinski definition) is 8. The Morgan fingerprint density at radius 3 is 2.49 bits per heavy atom. The van der Waals surface area contributed by atoms with Crippen LogP contribution in [-0.4, -0.2) is 59.4 Å². The van der Waals surface area contributed by atoms with Crippen molar-refractivity contribution in [3.8, 4) is 11.4 Å². The number of carbonyl (C=O) groups excluding carboxylic acids is 1. The van der Waals surface area contributed by atoms with Crippen LogP contribution in [0.4, 0.5) is 10.1 Å². The fourth-order valence-corrected chi connectivity index (χ4v) is 6.04. The van der Waals surface area contributed by atoms with Crippen LogP contribution in [-0.2, 0) is 21.2 Å². The van der Waals surface area contributed by atoms with Crippen molar-refractivity contribution >= 4 is 57.8 Å². The number of nitrogens with one attached hydrogen (secondary N) is 1. The molecule has 0 unspecified atom stereocenters. The molecule has 2 aliphatic rings. The molecule has 3 aromatic rings. The van der Waals surface area contributed by atoms with Crippen LogP contribution in [0, 0.1) is 5.82 Å². The molecular weight excluding hydrogens is 568 g/mol. The number of aromatic nitrogens is 4. The Morgan fingerprint density at radius 1 is 1.14 bits per heavy atom. The Balaban J connectivity index is 0.00000190. The molecule has 10 nitrogen and oxygen atoms in total. The van der Waals surface area contributed by atoms with Gasteiger partial charge in [0.1, 0.15) is 5.82 Å². The average molecular weight is 593 g/mol. The molecule has 0 radical (unpaired) electrons. The van der Waals surface area contributed by atoms with E-state index in [0.29, 0.717) is 10.6 Å². The van der Waals surface area contributed by atoms with Crippen molar-refractivity contribution in [2.45, 2.75) is 36.4 Å². The number of fused-ring (bicyclic) bond motifs is 1. The molecule has 1 saturated heterocycles. The fourth-order valence-electron chi connectivity index (χ4n) is 4.35. The molecule has 0 saturated carbocycles. The lowest BCUT2D eigenvalue weighted by molar-refractivity contribution is -0.119. The van der Waals surface area contributed by atoms with Gasteiger partial charge in [-0.2, -0.15) is 4.80 Å². The lowest BCUT2D eigenvalue weighted by Gasteiger charge is -2.24. The van der Waals surface area contributed by atoms with Gasteiger partial charge < -0.3 is 16.0 Å². The number of tetrazole rings is 1. The third-order valence-electron chi connectivity index (χ3n) is 6.22. The lowest BCUT2D eigenvalue weighted by atomic mass is 10.1. The van der Waals surface area contributed by atoms with E-state index >= 15 is 4.39 Å². The van der Waals surface area contributed by atoms with Crippen molar-refractivity contribution in [3.63, 3.8) is 0 Å². The standard InChI is InChI=1S/C22H23ClFN7O3S.2ClH/c23-14-3-1-13(2-4-14)11-30-19-9-16(21-27-29-31(28-21)15-5-7-26-8-6-15)17(24)10-20(19)35(33,34)12-18(25)22(30)32;;/h1-4,9-10,15,18,26H,5-8,11-12,25H2;2*1H/t18-;;/m0../s1. The van der Waals surface area contributed by atoms with Gasteiger partial charge in [-0.1, -0.05) is 23.7 Å². The smallest absolute Gasteiger partial charge is 0.245 e. The zero-order valence-electron chi connectivity index (χ0n) is 19.4. The third kappa shape index (κ3) is 5.89. The van der Waals surface area contributed by atoms with E-state index in [2.05, 4.69) is 20.7 Å². The summed E-state index contributed by atoms with van der Waals surface area (Å²) in [6.07, 6.45) is 1.62. The normalized spacial score (nSPS) is 19.4. The molecule has 5 rings (SSSR count). The Hall–Kier alpha value is -2.35. The molecule has 37 heavy (non-hydrogen) atoms. The van der Waals surface area contributed by atoms with Crippen LogP contribution < -0.4 is 16.0 Å². The quantitative estimate of drug-likeness (QED) is 0.472. The van der Waals surface area contributed by atoms with E-state index in [0.717, 1.165) is 32.0 Å². The minimum absolute atomic E-state index is 0. The van der Waals surface area contributed by atoms with Crippen molar-refractivity contribution in [1.82, 2.24) is 25.5 Å². The van der Waals surface area contributed by atoms with Gasteiger partial charge in [-0.3, -0.25) is 4.79 Å². The Morgan fingerprint density at radius 2 is 1.81 bits per heavy atom. The van der Waals surface area contributed by atoms with Gasteiger partial charge in [0.25, 0.3) is 0 Å². The van der Waals surface area contributed by atoms with Crippen molar-refractivity contribution in [3.05, 3.63) is 52.8 Å². The van der Waals surface area contributed by atoms with E-state index in [1.165, 1.54) is 15.8 Å². The summed E-state index contributed by atoms with van der Waals surface area (Å²) in [7, 11) is -4.04. The Kier molecular flexibility index (Phi) is 9.14. The number of nitrogens with zero attached hydrogens (tertiary/aromatic N) is 5. The minimum atomic E-state index is -4.04. The first kappa shape index (κ1) is 29.2. The van der Waals surface area contributed by atoms with E-state index in [1.807, 2.05) is 0 Å². The molecular formula is C22H25Cl3FN7O3S. The van der Waals surface area contributed by atoms with Gasteiger partial charge in [-0.15, -0.1) is 35.0 Å². The summed E-state index contributed by atoms with van der Waals surface area (Å²) in [5, 5.41) is 16.2. The molecule has 0 bridgehead atoms. The average Bonchev–Trinajstić information content (AvgIpc) is 3.31. The monoisotopic (exact) mass is 591 g/mol. The van der Waals surface area contributed by atoms with Crippen molar-refractivity contribution in [2.24, 2.45) is 5.73 Å². The molecule has 0 aliphatic carbocycles. The first-order chi connectivity index (χ1) is 16.7. The molecule has 2 aliphatic heterocycles. The van der Waals surface area contributed by atoms with Crippen LogP contribution in [0.25, 0.3) is 11.4 Å². The number of hydrogen-bond donors (Lipinski definition) is 2. The predicted octanol–water partition coefficient (Wildman–Crippen LogP) is 2.55. The topological polar surface area (TPSA) is 136 Å². The highest BCUT2D eigenvalue weighted by atomic mass is 35.5. The van der Waals surface area contributed by atoms with Crippen LogP contribution in [0.1, 0.15) is 24.4 Å². The van der Waals surface area contributed by atoms with E-state index in [4.69, 9.17) is 17.3 Å². The third-order valence-corrected chi connectivity index (χ3v) is 8.26. The van der Waals surface area contributed by atoms with Crippen molar-refractivity contribution in [1.29, 1.82) is 0 Å². The highest BCUT2D eigenvalue weighted by Crippen LogP contribution is 2.36. The largest absolute Gasteiger partial charge is 0.319 e. The molecule has 200 valence electrons. The van der Waals surface area contributed by atoms with Gasteiger partial charge in [0.15, 0.2) is 9.84 Å². The zero-order chi connectivity index (χ0) is 24.7. The molecule has 1 fully saturated rings. The second-order valence-electron chi connectivity index (χ2n) is 8.65. The van der Waals surface area contributed by atoms with Crippen molar-refractivity contribution < 1.29 is 17.6 Å². The van der Waals surface area contributed by atoms with Gasteiger partial charge >= 0.3 is 0 Å². The number of halogens is 4. The second-order valence-corrected chi connectivity index (χ2v) is 11.1. The summed E-state index contributed by atoms with van der Waals surface area (Å²) in [5.41, 5.74) is 6.61. The summed E-state index contributed by atoms with van der Waals surface area (Å²) in [6.45, 7) is 1.65. The predicted molar refractivity (Wildman–Crippen MR) is 142 cm³/mol. The van der Waals surface area contributed by atoms with E-state index < -0.39 is 33.4 Å². The molecule has 15 heteroatoms. The molecule has 3 heterocycles. The van der Waals surface area contributed by atoms with Gasteiger partial charge in [-0.05, 0) is 61.0 Å². The molecule has 1 atom stereocenters. The van der Waals surface area contributed by atoms with Crippen LogP contribution in [0.3, 0.4) is 0 Å². The second kappa shape index (κ2) is 11.6. The zero-order valence-corrected chi connectivity index (χ0v) is 22.6. The maximum atomic E-state index is 15.2. The van der Waals surface area contributed by atoms with Gasteiger partial charge in [0.2, 0.25) is 11.7 Å². The number of nitrogens with two attached hydrogens (primary N) is 1. The maximum Gasteiger partial charge on any atom is 0.245 e. The fraction of sp³-hybridized carbons (Fsp3) is 0.364. The van der Waals surface area contributed by atoms with E-state index in [1.54, 1.807) is 24.3 Å². The Bertz CT molecular complexity index is 1380. The summed E-state index contributed by atoms with van der Waals surface area (Å²) in [4.78, 5) is 15.6. The van der Waals surface area contributed by atoms with Crippen LogP contribution in [0.2, 0.25) is 5.02 Å². The molecule has 0 spiro atoms. The van der Waals surface area contributed by atoms with Gasteiger partial charge in [-0.25, -0.2) is 12.8 Å². The number of benzene rings is 2. The molecule has 1 amide bonds. The highest BCUT2D eigenvalue weighted by Gasteiger charge is 2.37. The lowest BCUT2D eigenvalue weighted by Crippen LogP contribution is -2.45. The highest BCUT2D eigenvalue weighted by molar-refractivity contribution is 7.91. The molecule has 1 aromatic heterocycles. The molecule has 3 N–H and O–H groups in total. The van der Waals surface area contributed by atoms with Crippen LogP contribution in [0.15, 0.2) is 41.3 Å². The van der Waals surface area contributed by atoms with Crippen LogP contribution in [0.5, 0.6) is 0 Å². The van der Waals surface area contributed by atoms with E-state index in [-0.39, 0.29) is 59.4 Å². The summed E-state index contributed by atoms with van der Waals surface area (Å²) in [6, 6.07) is 7.69. The SMILES string of the molecule is Cl.Cl.N[C@H]1CS(=O)(=O)c2cc(F)c(-c3nnn(C4CCNCC4)n3)cc2N(Cc2ccc(Cl)cc2)C1=O. The maximum absolute atomic E-state index is 15.2. The van der Waals surface area contributed by atoms with Gasteiger partial charge in [0.05, 0.1) is 40.5 Å². The number of anilines is 1. The summed E-state index contributed by atoms with van der Waals surface area (Å²) >= 11 is 5.97.